The Bertz CT molecular complexity index is 1680. The summed E-state index contributed by atoms with van der Waals surface area (Å²) in [6.07, 6.45) is 1.39. The molecule has 1 aromatic heterocycles. The highest BCUT2D eigenvalue weighted by molar-refractivity contribution is 7.92. The minimum absolute atomic E-state index is 0.0875. The van der Waals surface area contributed by atoms with Crippen LogP contribution >= 0.6 is 0 Å². The quantitative estimate of drug-likeness (QED) is 0.287. The van der Waals surface area contributed by atoms with E-state index in [1.54, 1.807) is 20.0 Å². The van der Waals surface area contributed by atoms with Crippen molar-refractivity contribution in [2.24, 2.45) is 5.92 Å². The zero-order valence-corrected chi connectivity index (χ0v) is 29.5. The molecule has 1 aliphatic rings. The van der Waals surface area contributed by atoms with Crippen LogP contribution in [-0.4, -0.2) is 92.0 Å². The van der Waals surface area contributed by atoms with E-state index in [1.807, 2.05) is 13.8 Å². The van der Waals surface area contributed by atoms with Gasteiger partial charge in [0, 0.05) is 44.0 Å². The zero-order valence-electron chi connectivity index (χ0n) is 28.7. The minimum Gasteiger partial charge on any atom is -0.490 e. The molecule has 0 unspecified atom stereocenters. The highest BCUT2D eigenvalue weighted by atomic mass is 32.2. The first-order chi connectivity index (χ1) is 23.2. The molecule has 15 heteroatoms. The number of sulfonamides is 1. The normalized spacial score (nSPS) is 20.0. The Morgan fingerprint density at radius 2 is 1.84 bits per heavy atom. The number of likely N-dealkylation sites (N-methyl/N-ethyl adjacent to an activating group) is 1. The Hall–Kier alpha value is -4.21. The summed E-state index contributed by atoms with van der Waals surface area (Å²) in [7, 11) is -2.48. The predicted octanol–water partition coefficient (Wildman–Crippen LogP) is 5.19. The van der Waals surface area contributed by atoms with Crippen LogP contribution in [0.4, 0.5) is 20.6 Å². The minimum atomic E-state index is -4.11. The van der Waals surface area contributed by atoms with Crippen LogP contribution in [0.1, 0.15) is 61.8 Å². The van der Waals surface area contributed by atoms with Crippen molar-refractivity contribution in [1.82, 2.24) is 15.0 Å². The number of nitrogens with one attached hydrogen (secondary N) is 2. The molecule has 0 aliphatic carbocycles. The summed E-state index contributed by atoms with van der Waals surface area (Å²) in [6, 6.07) is 8.92. The van der Waals surface area contributed by atoms with Crippen molar-refractivity contribution < 1.29 is 41.5 Å². The monoisotopic (exact) mass is 703 g/mol. The lowest BCUT2D eigenvalue weighted by Gasteiger charge is -2.35. The van der Waals surface area contributed by atoms with Crippen molar-refractivity contribution in [2.45, 2.75) is 77.0 Å². The zero-order chi connectivity index (χ0) is 35.9. The van der Waals surface area contributed by atoms with Crippen LogP contribution in [0.2, 0.25) is 0 Å². The number of ether oxygens (including phenoxy) is 2. The number of hydrogen-bond acceptors (Lipinski definition) is 9. The fourth-order valence-corrected chi connectivity index (χ4v) is 7.00. The molecule has 3 aromatic rings. The van der Waals surface area contributed by atoms with Crippen molar-refractivity contribution in [1.29, 1.82) is 0 Å². The first-order valence-electron chi connectivity index (χ1n) is 16.3. The molecule has 4 atom stereocenters. The first kappa shape index (κ1) is 37.6. The number of halogens is 1. The smallest absolute Gasteiger partial charge is 0.321 e. The summed E-state index contributed by atoms with van der Waals surface area (Å²) in [5, 5.41) is 16.7. The molecule has 49 heavy (non-hydrogen) atoms. The fraction of sp³-hybridized carbons (Fsp3) is 0.500. The van der Waals surface area contributed by atoms with Gasteiger partial charge >= 0.3 is 6.03 Å². The lowest BCUT2D eigenvalue weighted by Crippen LogP contribution is -2.48. The predicted molar refractivity (Wildman–Crippen MR) is 182 cm³/mol. The number of nitrogens with zero attached hydrogens (tertiary/aromatic N) is 3. The van der Waals surface area contributed by atoms with Gasteiger partial charge in [-0.1, -0.05) is 12.1 Å². The molecule has 3 amide bonds. The Morgan fingerprint density at radius 1 is 1.14 bits per heavy atom. The molecule has 0 spiro atoms. The van der Waals surface area contributed by atoms with E-state index in [2.05, 4.69) is 15.2 Å². The molecule has 0 radical (unpaired) electrons. The third-order valence-electron chi connectivity index (χ3n) is 8.44. The van der Waals surface area contributed by atoms with Gasteiger partial charge in [0.05, 0.1) is 30.4 Å². The van der Waals surface area contributed by atoms with Gasteiger partial charge in [0.2, 0.25) is 0 Å². The van der Waals surface area contributed by atoms with Crippen molar-refractivity contribution >= 4 is 33.3 Å². The third-order valence-corrected chi connectivity index (χ3v) is 10.1. The van der Waals surface area contributed by atoms with E-state index < -0.39 is 39.9 Å². The average molecular weight is 704 g/mol. The number of aliphatic hydroxyl groups excluding tert-OH is 1. The number of carbonyl (C=O) groups excluding carboxylic acids is 2. The van der Waals surface area contributed by atoms with Crippen molar-refractivity contribution in [3.05, 3.63) is 65.3 Å². The SMILES string of the molecule is Cc1noc(C)c1S(=O)(=O)Nc1ccc2c(c1)C(=O)N([C@@H](C)CO)C[C@H](C)[C@@H](CN(C)C(=O)Nc1ccc(F)cc1)OCCCC[C@@H](C)O2. The lowest BCUT2D eigenvalue weighted by atomic mass is 10.0. The topological polar surface area (TPSA) is 164 Å². The van der Waals surface area contributed by atoms with Crippen molar-refractivity contribution in [2.75, 3.05) is 43.4 Å². The van der Waals surface area contributed by atoms with Crippen LogP contribution in [0.3, 0.4) is 0 Å². The maximum atomic E-state index is 14.4. The number of amides is 3. The summed E-state index contributed by atoms with van der Waals surface area (Å²) in [4.78, 5) is 30.3. The second-order valence-corrected chi connectivity index (χ2v) is 14.2. The number of aliphatic hydroxyl groups is 1. The fourth-order valence-electron chi connectivity index (χ4n) is 5.62. The summed E-state index contributed by atoms with van der Waals surface area (Å²) in [5.74, 6) is -0.798. The highest BCUT2D eigenvalue weighted by Crippen LogP contribution is 2.30. The average Bonchev–Trinajstić information content (AvgIpc) is 3.41. The number of rotatable bonds is 8. The Kier molecular flexibility index (Phi) is 12.6. The van der Waals surface area contributed by atoms with Gasteiger partial charge in [-0.15, -0.1) is 0 Å². The number of hydrogen-bond donors (Lipinski definition) is 3. The van der Waals surface area contributed by atoms with Crippen LogP contribution in [0.25, 0.3) is 0 Å². The standard InChI is InChI=1S/C34H46FN5O8S/c1-21-18-40(22(2)20-41)33(42)29-17-28(38-49(44,45)32-24(4)37-48-25(32)5)14-15-30(29)47-23(3)9-7-8-16-46-31(21)19-39(6)34(43)36-27-12-10-26(35)11-13-27/h10-15,17,21-23,31,38,41H,7-9,16,18-20H2,1-6H3,(H,36,43)/t21-,22-,23+,31+/m0/s1. The van der Waals surface area contributed by atoms with Crippen LogP contribution < -0.4 is 14.8 Å². The largest absolute Gasteiger partial charge is 0.490 e. The third kappa shape index (κ3) is 9.70. The van der Waals surface area contributed by atoms with E-state index in [9.17, 15) is 27.5 Å². The molecule has 0 saturated carbocycles. The maximum absolute atomic E-state index is 14.4. The number of benzene rings is 2. The molecule has 268 valence electrons. The number of fused-ring (bicyclic) bond motifs is 1. The molecule has 0 bridgehead atoms. The number of anilines is 2. The number of aryl methyl sites for hydroxylation is 2. The van der Waals surface area contributed by atoms with E-state index in [0.717, 1.165) is 12.8 Å². The van der Waals surface area contributed by atoms with E-state index in [-0.39, 0.29) is 65.1 Å². The Labute approximate surface area is 286 Å². The van der Waals surface area contributed by atoms with Gasteiger partial charge in [-0.2, -0.15) is 0 Å². The molecule has 3 N–H and O–H groups in total. The Balaban J connectivity index is 1.63. The van der Waals surface area contributed by atoms with Gasteiger partial charge in [-0.25, -0.2) is 17.6 Å². The molecule has 0 saturated heterocycles. The van der Waals surface area contributed by atoms with Gasteiger partial charge in [-0.3, -0.25) is 9.52 Å². The van der Waals surface area contributed by atoms with E-state index in [1.165, 1.54) is 60.0 Å². The summed E-state index contributed by atoms with van der Waals surface area (Å²) >= 11 is 0. The second-order valence-electron chi connectivity index (χ2n) is 12.6. The molecule has 2 heterocycles. The van der Waals surface area contributed by atoms with Crippen LogP contribution in [0, 0.1) is 25.6 Å². The Morgan fingerprint density at radius 3 is 2.49 bits per heavy atom. The van der Waals surface area contributed by atoms with E-state index in [0.29, 0.717) is 18.7 Å². The maximum Gasteiger partial charge on any atom is 0.321 e. The molecule has 2 aromatic carbocycles. The molecule has 0 fully saturated rings. The summed E-state index contributed by atoms with van der Waals surface area (Å²) in [6.45, 7) is 8.94. The number of aromatic nitrogens is 1. The van der Waals surface area contributed by atoms with E-state index >= 15 is 0 Å². The molecule has 13 nitrogen and oxygen atoms in total. The van der Waals surface area contributed by atoms with Gasteiger partial charge in [0.1, 0.15) is 17.3 Å². The lowest BCUT2D eigenvalue weighted by molar-refractivity contribution is -0.0115. The first-order valence-corrected chi connectivity index (χ1v) is 17.8. The van der Waals surface area contributed by atoms with Gasteiger partial charge in [-0.05, 0) is 89.4 Å². The van der Waals surface area contributed by atoms with Crippen molar-refractivity contribution in [3.8, 4) is 5.75 Å². The van der Waals surface area contributed by atoms with Crippen LogP contribution in [0.5, 0.6) is 5.75 Å². The summed E-state index contributed by atoms with van der Waals surface area (Å²) < 4.78 is 60.1. The number of urea groups is 1. The number of carbonyl (C=O) groups is 2. The van der Waals surface area contributed by atoms with Gasteiger partial charge < -0.3 is 34.2 Å². The molecule has 4 rings (SSSR count). The van der Waals surface area contributed by atoms with Crippen LogP contribution in [0.15, 0.2) is 51.9 Å². The van der Waals surface area contributed by atoms with E-state index in [4.69, 9.17) is 14.0 Å². The van der Waals surface area contributed by atoms with Crippen molar-refractivity contribution in [3.63, 3.8) is 0 Å². The van der Waals surface area contributed by atoms with Crippen LogP contribution in [-0.2, 0) is 14.8 Å². The second kappa shape index (κ2) is 16.5. The molecule has 1 aliphatic heterocycles. The highest BCUT2D eigenvalue weighted by Gasteiger charge is 2.32. The van der Waals surface area contributed by atoms with Gasteiger partial charge in [0.25, 0.3) is 15.9 Å². The summed E-state index contributed by atoms with van der Waals surface area (Å²) in [5.41, 5.74) is 0.881. The molecular formula is C34H46FN5O8S. The van der Waals surface area contributed by atoms with Gasteiger partial charge in [0.15, 0.2) is 10.7 Å². The molecular weight excluding hydrogens is 657 g/mol.